The summed E-state index contributed by atoms with van der Waals surface area (Å²) in [5.41, 5.74) is 0.895. The van der Waals surface area contributed by atoms with E-state index in [0.717, 1.165) is 24.2 Å². The molecule has 1 amide bonds. The van der Waals surface area contributed by atoms with E-state index < -0.39 is 20.9 Å². The van der Waals surface area contributed by atoms with E-state index in [-0.39, 0.29) is 16.1 Å². The van der Waals surface area contributed by atoms with Gasteiger partial charge in [-0.15, -0.1) is 0 Å². The fourth-order valence-corrected chi connectivity index (χ4v) is 6.09. The van der Waals surface area contributed by atoms with Crippen molar-refractivity contribution in [1.29, 1.82) is 0 Å². The Morgan fingerprint density at radius 1 is 1.20 bits per heavy atom. The number of methoxy groups -OCH3 is 1. The van der Waals surface area contributed by atoms with Crippen molar-refractivity contribution in [3.63, 3.8) is 0 Å². The second-order valence-corrected chi connectivity index (χ2v) is 10.7. The zero-order valence-electron chi connectivity index (χ0n) is 19.8. The van der Waals surface area contributed by atoms with Crippen molar-refractivity contribution in [2.24, 2.45) is 4.99 Å². The van der Waals surface area contributed by atoms with Crippen molar-refractivity contribution in [2.75, 3.05) is 26.8 Å². The Balaban J connectivity index is 1.96. The van der Waals surface area contributed by atoms with Crippen LogP contribution in [0.3, 0.4) is 0 Å². The first-order chi connectivity index (χ1) is 16.7. The number of non-ortho nitro benzene ring substituents is 1. The molecule has 0 saturated carbocycles. The average molecular weight is 521 g/mol. The lowest BCUT2D eigenvalue weighted by atomic mass is 10.2. The second-order valence-electron chi connectivity index (χ2n) is 7.73. The van der Waals surface area contributed by atoms with Crippen LogP contribution in [0.4, 0.5) is 5.69 Å². The molecule has 35 heavy (non-hydrogen) atoms. The lowest BCUT2D eigenvalue weighted by molar-refractivity contribution is -0.384. The molecule has 12 heteroatoms. The highest BCUT2D eigenvalue weighted by Gasteiger charge is 2.23. The van der Waals surface area contributed by atoms with Gasteiger partial charge in [-0.25, -0.2) is 8.42 Å². The molecular weight excluding hydrogens is 492 g/mol. The summed E-state index contributed by atoms with van der Waals surface area (Å²) < 4.78 is 34.8. The zero-order valence-corrected chi connectivity index (χ0v) is 21.5. The van der Waals surface area contributed by atoms with Crippen LogP contribution in [-0.2, 0) is 21.3 Å². The number of rotatable bonds is 11. The maximum Gasteiger partial charge on any atom is 0.279 e. The average Bonchev–Trinajstić information content (AvgIpc) is 3.18. The number of thiazole rings is 1. The lowest BCUT2D eigenvalue weighted by Gasteiger charge is -2.20. The highest BCUT2D eigenvalue weighted by atomic mass is 32.2. The van der Waals surface area contributed by atoms with Crippen molar-refractivity contribution in [1.82, 2.24) is 8.87 Å². The van der Waals surface area contributed by atoms with Gasteiger partial charge in [-0.2, -0.15) is 9.30 Å². The second kappa shape index (κ2) is 11.7. The Labute approximate surface area is 207 Å². The van der Waals surface area contributed by atoms with Gasteiger partial charge in [0.25, 0.3) is 11.6 Å². The van der Waals surface area contributed by atoms with Crippen LogP contribution >= 0.6 is 11.3 Å². The predicted octanol–water partition coefficient (Wildman–Crippen LogP) is 3.81. The monoisotopic (exact) mass is 520 g/mol. The van der Waals surface area contributed by atoms with Gasteiger partial charge in [0.15, 0.2) is 4.80 Å². The van der Waals surface area contributed by atoms with E-state index >= 15 is 0 Å². The van der Waals surface area contributed by atoms with E-state index in [1.807, 2.05) is 6.92 Å². The maximum absolute atomic E-state index is 12.9. The molecular formula is C23H28N4O6S2. The van der Waals surface area contributed by atoms with Gasteiger partial charge in [0.1, 0.15) is 0 Å². The van der Waals surface area contributed by atoms with Gasteiger partial charge in [-0.1, -0.05) is 31.6 Å². The first-order valence-corrected chi connectivity index (χ1v) is 13.4. The summed E-state index contributed by atoms with van der Waals surface area (Å²) in [6.07, 6.45) is 1.65. The number of aromatic nitrogens is 1. The summed E-state index contributed by atoms with van der Waals surface area (Å²) in [6.45, 7) is 5.37. The molecule has 0 bridgehead atoms. The van der Waals surface area contributed by atoms with E-state index in [1.54, 1.807) is 24.7 Å². The SMILES string of the molecule is CCCCN(CC)S(=O)(=O)c1ccc(C(=O)N=c2sc3cc([N+](=O)[O-])ccc3n2CCOC)cc1. The van der Waals surface area contributed by atoms with Gasteiger partial charge in [0.05, 0.1) is 26.6 Å². The number of ether oxygens (including phenoxy) is 1. The number of sulfonamides is 1. The number of hydrogen-bond donors (Lipinski definition) is 0. The van der Waals surface area contributed by atoms with Gasteiger partial charge in [0, 0.05) is 44.4 Å². The van der Waals surface area contributed by atoms with E-state index in [1.165, 1.54) is 40.7 Å². The predicted molar refractivity (Wildman–Crippen MR) is 134 cm³/mol. The number of nitro benzene ring substituents is 1. The normalized spacial score (nSPS) is 12.5. The van der Waals surface area contributed by atoms with Gasteiger partial charge >= 0.3 is 0 Å². The molecule has 1 aromatic heterocycles. The number of nitrogens with zero attached hydrogens (tertiary/aromatic N) is 4. The Bertz CT molecular complexity index is 1380. The van der Waals surface area contributed by atoms with Crippen LogP contribution in [0, 0.1) is 10.1 Å². The number of nitro groups is 1. The van der Waals surface area contributed by atoms with Crippen molar-refractivity contribution in [2.45, 2.75) is 38.1 Å². The van der Waals surface area contributed by atoms with E-state index in [4.69, 9.17) is 4.74 Å². The van der Waals surface area contributed by atoms with Crippen LogP contribution in [0.1, 0.15) is 37.0 Å². The number of carbonyl (C=O) groups is 1. The maximum atomic E-state index is 12.9. The van der Waals surface area contributed by atoms with Gasteiger partial charge in [-0.3, -0.25) is 14.9 Å². The standard InChI is InChI=1S/C23H28N4O6S2/c1-4-6-13-25(5-2)35(31,32)19-10-7-17(8-11-19)22(28)24-23-26(14-15-33-3)20-12-9-18(27(29)30)16-21(20)34-23/h7-12,16H,4-6,13-15H2,1-3H3. The molecule has 3 rings (SSSR count). The van der Waals surface area contributed by atoms with Crippen molar-refractivity contribution in [3.8, 4) is 0 Å². The summed E-state index contributed by atoms with van der Waals surface area (Å²) in [6, 6.07) is 10.2. The molecule has 0 radical (unpaired) electrons. The molecule has 0 N–H and O–H groups in total. The molecule has 0 aliphatic heterocycles. The molecule has 10 nitrogen and oxygen atoms in total. The smallest absolute Gasteiger partial charge is 0.279 e. The molecule has 0 atom stereocenters. The van der Waals surface area contributed by atoms with Crippen LogP contribution in [0.15, 0.2) is 52.4 Å². The van der Waals surface area contributed by atoms with Gasteiger partial charge in [0.2, 0.25) is 10.0 Å². The number of fused-ring (bicyclic) bond motifs is 1. The largest absolute Gasteiger partial charge is 0.383 e. The molecule has 0 aliphatic carbocycles. The lowest BCUT2D eigenvalue weighted by Crippen LogP contribution is -2.31. The van der Waals surface area contributed by atoms with E-state index in [9.17, 15) is 23.3 Å². The molecule has 0 aliphatic rings. The summed E-state index contributed by atoms with van der Waals surface area (Å²) in [5, 5.41) is 11.1. The minimum atomic E-state index is -3.65. The van der Waals surface area contributed by atoms with E-state index in [2.05, 4.69) is 4.99 Å². The van der Waals surface area contributed by atoms with E-state index in [0.29, 0.717) is 41.3 Å². The molecule has 0 unspecified atom stereocenters. The number of amides is 1. The Morgan fingerprint density at radius 2 is 1.91 bits per heavy atom. The van der Waals surface area contributed by atoms with Crippen LogP contribution in [0.5, 0.6) is 0 Å². The Hall–Kier alpha value is -2.93. The minimum absolute atomic E-state index is 0.0487. The van der Waals surface area contributed by atoms with Crippen molar-refractivity contribution >= 4 is 43.2 Å². The molecule has 0 spiro atoms. The third-order valence-electron chi connectivity index (χ3n) is 5.45. The molecule has 0 fully saturated rings. The fraction of sp³-hybridized carbons (Fsp3) is 0.391. The van der Waals surface area contributed by atoms with Gasteiger partial charge in [-0.05, 0) is 36.8 Å². The number of benzene rings is 2. The summed E-state index contributed by atoms with van der Waals surface area (Å²) in [4.78, 5) is 28.3. The molecule has 1 heterocycles. The highest BCUT2D eigenvalue weighted by Crippen LogP contribution is 2.23. The van der Waals surface area contributed by atoms with Crippen LogP contribution < -0.4 is 4.80 Å². The van der Waals surface area contributed by atoms with Crippen molar-refractivity contribution < 1.29 is 22.9 Å². The topological polar surface area (TPSA) is 124 Å². The number of unbranched alkanes of at least 4 members (excludes halogenated alkanes) is 1. The Morgan fingerprint density at radius 3 is 2.51 bits per heavy atom. The number of carbonyl (C=O) groups excluding carboxylic acids is 1. The Kier molecular flexibility index (Phi) is 8.89. The van der Waals surface area contributed by atoms with Crippen LogP contribution in [-0.4, -0.2) is 54.9 Å². The highest BCUT2D eigenvalue weighted by molar-refractivity contribution is 7.89. The van der Waals surface area contributed by atoms with Crippen LogP contribution in [0.2, 0.25) is 0 Å². The van der Waals surface area contributed by atoms with Crippen molar-refractivity contribution in [3.05, 3.63) is 62.9 Å². The summed E-state index contributed by atoms with van der Waals surface area (Å²) >= 11 is 1.16. The third kappa shape index (κ3) is 6.01. The first-order valence-electron chi connectivity index (χ1n) is 11.2. The van der Waals surface area contributed by atoms with Gasteiger partial charge < -0.3 is 9.30 Å². The first kappa shape index (κ1) is 26.7. The summed E-state index contributed by atoms with van der Waals surface area (Å²) in [5.74, 6) is -0.542. The minimum Gasteiger partial charge on any atom is -0.383 e. The molecule has 188 valence electrons. The third-order valence-corrected chi connectivity index (χ3v) is 8.48. The molecule has 3 aromatic rings. The molecule has 0 saturated heterocycles. The zero-order chi connectivity index (χ0) is 25.6. The van der Waals surface area contributed by atoms with Crippen LogP contribution in [0.25, 0.3) is 10.2 Å². The molecule has 2 aromatic carbocycles. The quantitative estimate of drug-likeness (QED) is 0.280. The fourth-order valence-electron chi connectivity index (χ4n) is 3.51. The number of hydrogen-bond acceptors (Lipinski definition) is 7. The summed E-state index contributed by atoms with van der Waals surface area (Å²) in [7, 11) is -2.09.